The molecule has 0 heterocycles. The molecule has 0 aromatic carbocycles. The normalized spacial score (nSPS) is 10.8. The van der Waals surface area contributed by atoms with E-state index in [9.17, 15) is 9.70 Å². The molecule has 6 heteroatoms. The molecular weight excluding hydrogens is 174 g/mol. The van der Waals surface area contributed by atoms with Gasteiger partial charge < -0.3 is 0 Å². The van der Waals surface area contributed by atoms with Gasteiger partial charge in [-0.05, 0) is 25.4 Å². The van der Waals surface area contributed by atoms with E-state index in [1.807, 2.05) is 0 Å². The molecule has 0 spiro atoms. The molecule has 0 atom stereocenters. The smallest absolute Gasteiger partial charge is 0.281 e. The molecule has 0 saturated heterocycles. The van der Waals surface area contributed by atoms with E-state index in [-0.39, 0.29) is 6.61 Å². The fourth-order valence-corrected chi connectivity index (χ4v) is 0.328. The first-order valence-corrected chi connectivity index (χ1v) is 3.23. The van der Waals surface area contributed by atoms with Crippen LogP contribution in [0.2, 0.25) is 0 Å². The van der Waals surface area contributed by atoms with Crippen LogP contribution in [0.1, 0.15) is 13.8 Å². The van der Waals surface area contributed by atoms with Crippen LogP contribution >= 0.6 is 11.6 Å². The summed E-state index contributed by atoms with van der Waals surface area (Å²) in [5.41, 5.74) is -0.965. The van der Waals surface area contributed by atoms with E-state index >= 15 is 0 Å². The zero-order chi connectivity index (χ0) is 9.07. The van der Waals surface area contributed by atoms with E-state index in [1.54, 1.807) is 0 Å². The molecule has 64 valence electrons. The van der Waals surface area contributed by atoms with E-state index in [0.717, 1.165) is 0 Å². The molecule has 1 N–H and O–H groups in total. The van der Waals surface area contributed by atoms with Gasteiger partial charge in [0, 0.05) is 0 Å². The molecule has 5 nitrogen and oxygen atoms in total. The molecule has 0 aliphatic carbocycles. The Kier molecular flexibility index (Phi) is 3.25. The van der Waals surface area contributed by atoms with Crippen LogP contribution < -0.4 is 0 Å². The number of carbonyl (C=O) groups excluding carboxylic acids is 1. The van der Waals surface area contributed by atoms with Crippen LogP contribution in [0.5, 0.6) is 0 Å². The maximum atomic E-state index is 10.6. The number of rotatable bonds is 4. The molecule has 0 amide bonds. The Hall–Kier alpha value is -0.840. The average Bonchev–Trinajstić information content (AvgIpc) is 1.84. The van der Waals surface area contributed by atoms with Crippen molar-refractivity contribution in [2.45, 2.75) is 13.8 Å². The second kappa shape index (κ2) is 3.52. The number of hydrogen-bond acceptors (Lipinski definition) is 3. The number of hydrogen-bond donors (Lipinski definition) is 1. The van der Waals surface area contributed by atoms with Gasteiger partial charge in [-0.25, -0.2) is 5.21 Å². The van der Waals surface area contributed by atoms with Gasteiger partial charge in [-0.15, -0.1) is 0 Å². The zero-order valence-electron chi connectivity index (χ0n) is 6.20. The lowest BCUT2D eigenvalue weighted by atomic mass is 9.97. The predicted octanol–water partition coefficient (Wildman–Crippen LogP) is 0.878. The molecule has 0 saturated carbocycles. The maximum absolute atomic E-state index is 10.6. The largest absolute Gasteiger partial charge is 0.475 e. The van der Waals surface area contributed by atoms with Crippen molar-refractivity contribution in [2.24, 2.45) is 5.41 Å². The number of nitrogens with zero attached hydrogens (tertiary/aromatic N) is 1. The minimum atomic E-state index is -0.965. The molecule has 0 aromatic rings. The fourth-order valence-electron chi connectivity index (χ4n) is 0.273. The Morgan fingerprint density at radius 1 is 1.73 bits per heavy atom. The summed E-state index contributed by atoms with van der Waals surface area (Å²) in [6, 6.07) is 0. The molecule has 0 unspecified atom stereocenters. The third kappa shape index (κ3) is 3.77. The average molecular weight is 183 g/mol. The second-order valence-corrected chi connectivity index (χ2v) is 3.01. The lowest BCUT2D eigenvalue weighted by molar-refractivity contribution is -0.976. The maximum Gasteiger partial charge on any atom is 0.475 e. The molecule has 11 heavy (non-hydrogen) atoms. The lowest BCUT2D eigenvalue weighted by Gasteiger charge is -2.13. The van der Waals surface area contributed by atoms with Gasteiger partial charge in [0.2, 0.25) is 5.24 Å². The Bertz CT molecular complexity index is 179. The summed E-state index contributed by atoms with van der Waals surface area (Å²) >= 11 is 5.13. The van der Waals surface area contributed by atoms with Crippen LogP contribution in [0.25, 0.3) is 0 Å². The summed E-state index contributed by atoms with van der Waals surface area (Å²) in [4.78, 5) is 24.5. The van der Waals surface area contributed by atoms with Crippen molar-refractivity contribution in [3.05, 3.63) is 4.91 Å². The molecule has 0 aromatic heterocycles. The minimum Gasteiger partial charge on any atom is -0.281 e. The third-order valence-corrected chi connectivity index (χ3v) is 1.58. The van der Waals surface area contributed by atoms with Crippen LogP contribution in [0, 0.1) is 10.3 Å². The van der Waals surface area contributed by atoms with Gasteiger partial charge in [-0.1, -0.05) is 0 Å². The Morgan fingerprint density at radius 2 is 2.18 bits per heavy atom. The van der Waals surface area contributed by atoms with Crippen molar-refractivity contribution in [2.75, 3.05) is 6.61 Å². The van der Waals surface area contributed by atoms with E-state index in [4.69, 9.17) is 16.8 Å². The summed E-state index contributed by atoms with van der Waals surface area (Å²) in [6.07, 6.45) is 0. The van der Waals surface area contributed by atoms with Gasteiger partial charge in [0.05, 0.1) is 5.41 Å². The highest BCUT2D eigenvalue weighted by Gasteiger charge is 2.30. The van der Waals surface area contributed by atoms with Gasteiger partial charge in [0.25, 0.3) is 0 Å². The first-order valence-electron chi connectivity index (χ1n) is 2.85. The summed E-state index contributed by atoms with van der Waals surface area (Å²) in [6.45, 7) is 2.73. The standard InChI is InChI=1S/C5H9ClNO4/c1-5(2,4(6)8)3-11-7(9)10/h3H2,1-2H3,(H,9,10)/q+1. The first kappa shape index (κ1) is 10.2. The van der Waals surface area contributed by atoms with E-state index < -0.39 is 15.7 Å². The van der Waals surface area contributed by atoms with E-state index in [0.29, 0.717) is 0 Å². The molecular formula is C5H9ClNO4+. The van der Waals surface area contributed by atoms with Crippen molar-refractivity contribution in [1.29, 1.82) is 0 Å². The van der Waals surface area contributed by atoms with Gasteiger partial charge >= 0.3 is 5.09 Å². The molecule has 0 rings (SSSR count). The predicted molar refractivity (Wildman–Crippen MR) is 36.0 cm³/mol. The second-order valence-electron chi connectivity index (χ2n) is 2.67. The van der Waals surface area contributed by atoms with E-state index in [1.165, 1.54) is 13.8 Å². The van der Waals surface area contributed by atoms with Crippen LogP contribution in [0.4, 0.5) is 0 Å². The van der Waals surface area contributed by atoms with Gasteiger partial charge in [-0.3, -0.25) is 4.79 Å². The summed E-state index contributed by atoms with van der Waals surface area (Å²) in [5.74, 6) is 0. The van der Waals surface area contributed by atoms with Gasteiger partial charge in [0.15, 0.2) is 6.61 Å². The monoisotopic (exact) mass is 182 g/mol. The molecule has 0 fully saturated rings. The number of carbonyl (C=O) groups is 1. The minimum absolute atomic E-state index is 0.255. The lowest BCUT2D eigenvalue weighted by Crippen LogP contribution is -2.27. The third-order valence-electron chi connectivity index (χ3n) is 1.07. The Balaban J connectivity index is 3.92. The van der Waals surface area contributed by atoms with Crippen molar-refractivity contribution >= 4 is 16.8 Å². The first-order chi connectivity index (χ1) is 4.86. The van der Waals surface area contributed by atoms with Crippen LogP contribution in [0.15, 0.2) is 0 Å². The van der Waals surface area contributed by atoms with Crippen molar-refractivity contribution in [3.63, 3.8) is 0 Å². The van der Waals surface area contributed by atoms with Gasteiger partial charge in [0.1, 0.15) is 4.91 Å². The van der Waals surface area contributed by atoms with Crippen LogP contribution in [-0.4, -0.2) is 22.1 Å². The zero-order valence-corrected chi connectivity index (χ0v) is 6.96. The van der Waals surface area contributed by atoms with Crippen molar-refractivity contribution < 1.29 is 19.9 Å². The van der Waals surface area contributed by atoms with Crippen LogP contribution in [-0.2, 0) is 9.63 Å². The van der Waals surface area contributed by atoms with Crippen molar-refractivity contribution in [1.82, 2.24) is 0 Å². The number of halogens is 1. The summed E-state index contributed by atoms with van der Waals surface area (Å²) < 4.78 is 0. The highest BCUT2D eigenvalue weighted by atomic mass is 35.5. The topological polar surface area (TPSA) is 66.6 Å². The molecule has 0 bridgehead atoms. The van der Waals surface area contributed by atoms with Gasteiger partial charge in [-0.2, -0.15) is 4.84 Å². The molecule has 0 aliphatic heterocycles. The van der Waals surface area contributed by atoms with Crippen LogP contribution in [0.3, 0.4) is 0 Å². The van der Waals surface area contributed by atoms with Crippen molar-refractivity contribution in [3.8, 4) is 0 Å². The molecule has 0 radical (unpaired) electrons. The highest BCUT2D eigenvalue weighted by molar-refractivity contribution is 6.64. The fraction of sp³-hybridized carbons (Fsp3) is 0.800. The quantitative estimate of drug-likeness (QED) is 0.518. The summed E-state index contributed by atoms with van der Waals surface area (Å²) in [5, 5.41) is 6.67. The summed E-state index contributed by atoms with van der Waals surface area (Å²) in [7, 11) is 0. The Labute approximate surface area is 68.4 Å². The van der Waals surface area contributed by atoms with E-state index in [2.05, 4.69) is 4.84 Å². The molecule has 0 aliphatic rings. The highest BCUT2D eigenvalue weighted by Crippen LogP contribution is 2.18. The Morgan fingerprint density at radius 3 is 2.45 bits per heavy atom. The SMILES string of the molecule is CC(C)(CO[N+](=O)O)C(=O)Cl.